The van der Waals surface area contributed by atoms with E-state index in [1.54, 1.807) is 21.9 Å². The minimum atomic E-state index is -0.252. The van der Waals surface area contributed by atoms with Crippen molar-refractivity contribution in [2.45, 2.75) is 31.8 Å². The van der Waals surface area contributed by atoms with Crippen LogP contribution in [0.1, 0.15) is 30.1 Å². The monoisotopic (exact) mass is 353 g/mol. The lowest BCUT2D eigenvalue weighted by atomic mass is 10.0. The van der Waals surface area contributed by atoms with Gasteiger partial charge in [-0.3, -0.25) is 9.69 Å². The van der Waals surface area contributed by atoms with E-state index < -0.39 is 0 Å². The lowest BCUT2D eigenvalue weighted by molar-refractivity contribution is 0.0641. The van der Waals surface area contributed by atoms with E-state index in [1.807, 2.05) is 6.92 Å². The Morgan fingerprint density at radius 1 is 1.38 bits per heavy atom. The van der Waals surface area contributed by atoms with E-state index >= 15 is 0 Å². The summed E-state index contributed by atoms with van der Waals surface area (Å²) in [6, 6.07) is 3.33. The Balaban J connectivity index is 1.65. The topological polar surface area (TPSA) is 72.0 Å². The van der Waals surface area contributed by atoms with E-state index in [-0.39, 0.29) is 29.2 Å². The number of aromatic nitrogens is 1. The molecule has 7 nitrogen and oxygen atoms in total. The summed E-state index contributed by atoms with van der Waals surface area (Å²) in [5.74, 6) is 0.211. The second kappa shape index (κ2) is 6.84. The van der Waals surface area contributed by atoms with Crippen molar-refractivity contribution in [1.82, 2.24) is 14.8 Å². The lowest BCUT2D eigenvalue weighted by Crippen LogP contribution is -2.49. The highest BCUT2D eigenvalue weighted by molar-refractivity contribution is 6.29. The van der Waals surface area contributed by atoms with Gasteiger partial charge in [-0.05, 0) is 25.8 Å². The summed E-state index contributed by atoms with van der Waals surface area (Å²) in [5.41, 5.74) is 0.458. The smallest absolute Gasteiger partial charge is 0.410 e. The van der Waals surface area contributed by atoms with Crippen molar-refractivity contribution in [3.63, 3.8) is 0 Å². The van der Waals surface area contributed by atoms with Crippen molar-refractivity contribution in [3.8, 4) is 5.88 Å². The number of cyclic esters (lactones) is 1. The largest absolute Gasteiger partial charge is 0.481 e. The molecule has 24 heavy (non-hydrogen) atoms. The molecule has 3 heterocycles. The van der Waals surface area contributed by atoms with Crippen molar-refractivity contribution < 1.29 is 19.1 Å². The maximum Gasteiger partial charge on any atom is 0.410 e. The molecule has 2 amide bonds. The standard InChI is InChI=1S/C16H20ClN3O4/c1-10-9-24-16(22)20(10)12-3-5-19(6-4-12)15(21)11-7-13(17)18-14(8-11)23-2/h7-8,10,12H,3-6,9H2,1-2H3. The second-order valence-electron chi connectivity index (χ2n) is 6.08. The number of pyridine rings is 1. The van der Waals surface area contributed by atoms with Crippen molar-refractivity contribution in [2.24, 2.45) is 0 Å². The van der Waals surface area contributed by atoms with Crippen LogP contribution >= 0.6 is 11.6 Å². The summed E-state index contributed by atoms with van der Waals surface area (Å²) in [6.07, 6.45) is 1.22. The summed E-state index contributed by atoms with van der Waals surface area (Å²) in [7, 11) is 1.48. The van der Waals surface area contributed by atoms with Crippen LogP contribution in [0.4, 0.5) is 4.79 Å². The molecule has 1 unspecified atom stereocenters. The van der Waals surface area contributed by atoms with Crippen LogP contribution < -0.4 is 4.74 Å². The van der Waals surface area contributed by atoms with Crippen LogP contribution in [0.2, 0.25) is 5.15 Å². The zero-order chi connectivity index (χ0) is 17.3. The molecule has 2 aliphatic heterocycles. The van der Waals surface area contributed by atoms with E-state index in [9.17, 15) is 9.59 Å². The molecule has 1 aromatic rings. The van der Waals surface area contributed by atoms with Crippen LogP contribution in [0.3, 0.4) is 0 Å². The molecule has 1 aromatic heterocycles. The molecule has 8 heteroatoms. The summed E-state index contributed by atoms with van der Waals surface area (Å²) < 4.78 is 10.1. The van der Waals surface area contributed by atoms with Gasteiger partial charge >= 0.3 is 6.09 Å². The van der Waals surface area contributed by atoms with Gasteiger partial charge in [-0.25, -0.2) is 9.78 Å². The molecule has 2 fully saturated rings. The van der Waals surface area contributed by atoms with Gasteiger partial charge < -0.3 is 14.4 Å². The molecule has 1 atom stereocenters. The van der Waals surface area contributed by atoms with Gasteiger partial charge in [-0.15, -0.1) is 0 Å². The van der Waals surface area contributed by atoms with E-state index in [1.165, 1.54) is 7.11 Å². The summed E-state index contributed by atoms with van der Waals surface area (Å²) >= 11 is 5.93. The fourth-order valence-corrected chi connectivity index (χ4v) is 3.47. The number of halogens is 1. The average molecular weight is 354 g/mol. The first-order valence-corrected chi connectivity index (χ1v) is 8.33. The maximum absolute atomic E-state index is 12.7. The highest BCUT2D eigenvalue weighted by Gasteiger charge is 2.37. The Bertz CT molecular complexity index is 646. The zero-order valence-electron chi connectivity index (χ0n) is 13.7. The van der Waals surface area contributed by atoms with Crippen LogP contribution in [0.15, 0.2) is 12.1 Å². The fraction of sp³-hybridized carbons (Fsp3) is 0.562. The Hall–Kier alpha value is -2.02. The first-order valence-electron chi connectivity index (χ1n) is 7.95. The van der Waals surface area contributed by atoms with Gasteiger partial charge in [0.1, 0.15) is 11.8 Å². The first kappa shape index (κ1) is 16.8. The number of piperidine rings is 1. The molecular weight excluding hydrogens is 334 g/mol. The molecule has 0 spiro atoms. The molecular formula is C16H20ClN3O4. The number of carbonyl (C=O) groups excluding carboxylic acids is 2. The number of carbonyl (C=O) groups is 2. The van der Waals surface area contributed by atoms with Gasteiger partial charge in [0.05, 0.1) is 13.2 Å². The molecule has 0 aromatic carbocycles. The number of likely N-dealkylation sites (tertiary alicyclic amines) is 1. The normalized spacial score (nSPS) is 21.8. The van der Waals surface area contributed by atoms with Gasteiger partial charge in [-0.2, -0.15) is 0 Å². The summed E-state index contributed by atoms with van der Waals surface area (Å²) in [5, 5.41) is 0.223. The quantitative estimate of drug-likeness (QED) is 0.779. The number of nitrogens with zero attached hydrogens (tertiary/aromatic N) is 3. The van der Waals surface area contributed by atoms with Crippen LogP contribution in [-0.2, 0) is 4.74 Å². The van der Waals surface area contributed by atoms with E-state index in [2.05, 4.69) is 4.98 Å². The molecule has 0 radical (unpaired) electrons. The van der Waals surface area contributed by atoms with Gasteiger partial charge in [0.15, 0.2) is 0 Å². The van der Waals surface area contributed by atoms with Crippen molar-refractivity contribution >= 4 is 23.6 Å². The Kier molecular flexibility index (Phi) is 4.80. The number of ether oxygens (including phenoxy) is 2. The van der Waals surface area contributed by atoms with E-state index in [0.717, 1.165) is 12.8 Å². The van der Waals surface area contributed by atoms with Crippen LogP contribution in [0.25, 0.3) is 0 Å². The number of hydrogen-bond donors (Lipinski definition) is 0. The number of methoxy groups -OCH3 is 1. The molecule has 0 N–H and O–H groups in total. The highest BCUT2D eigenvalue weighted by Crippen LogP contribution is 2.25. The predicted octanol–water partition coefficient (Wildman–Crippen LogP) is 2.19. The van der Waals surface area contributed by atoms with Crippen molar-refractivity contribution in [3.05, 3.63) is 22.8 Å². The van der Waals surface area contributed by atoms with Gasteiger partial charge in [0.2, 0.25) is 5.88 Å². The minimum Gasteiger partial charge on any atom is -0.481 e. The molecule has 2 aliphatic rings. The maximum atomic E-state index is 12.7. The molecule has 0 saturated carbocycles. The van der Waals surface area contributed by atoms with Crippen molar-refractivity contribution in [2.75, 3.05) is 26.8 Å². The lowest BCUT2D eigenvalue weighted by Gasteiger charge is -2.37. The SMILES string of the molecule is COc1cc(C(=O)N2CCC(N3C(=O)OCC3C)CC2)cc(Cl)n1. The predicted molar refractivity (Wildman–Crippen MR) is 87.4 cm³/mol. The zero-order valence-corrected chi connectivity index (χ0v) is 14.5. The summed E-state index contributed by atoms with van der Waals surface area (Å²) in [6.45, 7) is 3.59. The average Bonchev–Trinajstić information content (AvgIpc) is 2.92. The Morgan fingerprint density at radius 3 is 2.67 bits per heavy atom. The first-order chi connectivity index (χ1) is 11.5. The molecule has 0 bridgehead atoms. The minimum absolute atomic E-state index is 0.0908. The molecule has 0 aliphatic carbocycles. The van der Waals surface area contributed by atoms with Crippen LogP contribution in [-0.4, -0.2) is 65.7 Å². The number of amides is 2. The van der Waals surface area contributed by atoms with Crippen LogP contribution in [0.5, 0.6) is 5.88 Å². The molecule has 2 saturated heterocycles. The number of rotatable bonds is 3. The Morgan fingerprint density at radius 2 is 2.08 bits per heavy atom. The van der Waals surface area contributed by atoms with Gasteiger partial charge in [-0.1, -0.05) is 11.6 Å². The third kappa shape index (κ3) is 3.26. The third-order valence-corrected chi connectivity index (χ3v) is 4.70. The Labute approximate surface area is 145 Å². The third-order valence-electron chi connectivity index (χ3n) is 4.51. The highest BCUT2D eigenvalue weighted by atomic mass is 35.5. The number of hydrogen-bond acceptors (Lipinski definition) is 5. The molecule has 130 valence electrons. The van der Waals surface area contributed by atoms with Gasteiger partial charge in [0.25, 0.3) is 5.91 Å². The van der Waals surface area contributed by atoms with Crippen molar-refractivity contribution in [1.29, 1.82) is 0 Å². The van der Waals surface area contributed by atoms with Crippen LogP contribution in [0, 0.1) is 0 Å². The van der Waals surface area contributed by atoms with E-state index in [0.29, 0.717) is 31.1 Å². The van der Waals surface area contributed by atoms with Gasteiger partial charge in [0, 0.05) is 30.8 Å². The second-order valence-corrected chi connectivity index (χ2v) is 6.46. The van der Waals surface area contributed by atoms with E-state index in [4.69, 9.17) is 21.1 Å². The summed E-state index contributed by atoms with van der Waals surface area (Å²) in [4.78, 5) is 32.0. The fourth-order valence-electron chi connectivity index (χ4n) is 3.27. The molecule has 3 rings (SSSR count).